The van der Waals surface area contributed by atoms with E-state index in [1.807, 2.05) is 6.07 Å². The third-order valence-corrected chi connectivity index (χ3v) is 6.53. The largest absolute Gasteiger partial charge is 0.495 e. The van der Waals surface area contributed by atoms with E-state index in [0.717, 1.165) is 67.6 Å². The average Bonchev–Trinajstić information content (AvgIpc) is 3.11. The number of halogens is 1. The van der Waals surface area contributed by atoms with Gasteiger partial charge in [-0.25, -0.2) is 9.37 Å². The zero-order chi connectivity index (χ0) is 20.9. The molecule has 1 aliphatic rings. The molecule has 0 amide bonds. The van der Waals surface area contributed by atoms with Crippen LogP contribution in [0.15, 0.2) is 47.8 Å². The summed E-state index contributed by atoms with van der Waals surface area (Å²) in [5.41, 5.74) is 4.43. The summed E-state index contributed by atoms with van der Waals surface area (Å²) in [6.45, 7) is 7.01. The van der Waals surface area contributed by atoms with E-state index >= 15 is 0 Å². The van der Waals surface area contributed by atoms with Crippen molar-refractivity contribution in [2.24, 2.45) is 0 Å². The number of benzene rings is 2. The first kappa shape index (κ1) is 20.8. The van der Waals surface area contributed by atoms with Crippen LogP contribution < -0.4 is 9.64 Å². The molecular formula is C24H28FN3OS. The summed E-state index contributed by atoms with van der Waals surface area (Å²) >= 11 is 1.58. The zero-order valence-corrected chi connectivity index (χ0v) is 18.4. The van der Waals surface area contributed by atoms with Crippen LogP contribution in [-0.4, -0.2) is 43.2 Å². The first-order chi connectivity index (χ1) is 14.7. The van der Waals surface area contributed by atoms with Gasteiger partial charge in [-0.3, -0.25) is 4.90 Å². The second kappa shape index (κ2) is 9.58. The van der Waals surface area contributed by atoms with E-state index in [-0.39, 0.29) is 5.82 Å². The van der Waals surface area contributed by atoms with Crippen LogP contribution in [0, 0.1) is 5.82 Å². The Morgan fingerprint density at radius 3 is 2.80 bits per heavy atom. The second-order valence-corrected chi connectivity index (χ2v) is 8.49. The monoisotopic (exact) mass is 425 g/mol. The predicted molar refractivity (Wildman–Crippen MR) is 122 cm³/mol. The summed E-state index contributed by atoms with van der Waals surface area (Å²) in [4.78, 5) is 9.65. The fourth-order valence-electron chi connectivity index (χ4n) is 3.94. The van der Waals surface area contributed by atoms with E-state index in [2.05, 4.69) is 40.3 Å². The molecule has 3 aromatic rings. The molecule has 2 heterocycles. The van der Waals surface area contributed by atoms with Gasteiger partial charge in [-0.15, -0.1) is 11.3 Å². The fourth-order valence-corrected chi connectivity index (χ4v) is 4.74. The van der Waals surface area contributed by atoms with Gasteiger partial charge in [0.25, 0.3) is 0 Å². The number of anilines is 1. The molecule has 4 rings (SSSR count). The van der Waals surface area contributed by atoms with Crippen LogP contribution in [0.2, 0.25) is 0 Å². The summed E-state index contributed by atoms with van der Waals surface area (Å²) in [5.74, 6) is 0.722. The first-order valence-electron chi connectivity index (χ1n) is 10.5. The number of thiazole rings is 1. The summed E-state index contributed by atoms with van der Waals surface area (Å²) in [5, 5.41) is 2.97. The number of aryl methyl sites for hydroxylation is 1. The quantitative estimate of drug-likeness (QED) is 0.541. The number of aromatic nitrogens is 1. The van der Waals surface area contributed by atoms with Crippen molar-refractivity contribution in [2.75, 3.05) is 38.2 Å². The van der Waals surface area contributed by atoms with E-state index in [1.54, 1.807) is 30.6 Å². The van der Waals surface area contributed by atoms with Crippen LogP contribution in [0.1, 0.15) is 24.6 Å². The Morgan fingerprint density at radius 2 is 2.00 bits per heavy atom. The number of ether oxygens (including phenoxy) is 1. The lowest BCUT2D eigenvalue weighted by Crippen LogP contribution is -2.30. The van der Waals surface area contributed by atoms with Crippen LogP contribution in [0.5, 0.6) is 5.75 Å². The van der Waals surface area contributed by atoms with Crippen LogP contribution in [0.3, 0.4) is 0 Å². The molecule has 1 fully saturated rings. The molecular weight excluding hydrogens is 397 g/mol. The molecule has 0 atom stereocenters. The van der Waals surface area contributed by atoms with Gasteiger partial charge in [0.2, 0.25) is 0 Å². The average molecular weight is 426 g/mol. The van der Waals surface area contributed by atoms with Crippen molar-refractivity contribution in [3.63, 3.8) is 0 Å². The molecule has 30 heavy (non-hydrogen) atoms. The molecule has 1 aliphatic heterocycles. The van der Waals surface area contributed by atoms with Crippen LogP contribution >= 0.6 is 11.3 Å². The maximum atomic E-state index is 13.5. The van der Waals surface area contributed by atoms with Crippen molar-refractivity contribution < 1.29 is 9.13 Å². The van der Waals surface area contributed by atoms with E-state index < -0.39 is 0 Å². The fraction of sp³-hybridized carbons (Fsp3) is 0.375. The minimum atomic E-state index is -0.223. The molecule has 0 aliphatic carbocycles. The molecule has 1 aromatic heterocycles. The van der Waals surface area contributed by atoms with Crippen molar-refractivity contribution in [1.29, 1.82) is 0 Å². The molecule has 0 bridgehead atoms. The number of methoxy groups -OCH3 is 1. The van der Waals surface area contributed by atoms with E-state index in [1.165, 1.54) is 17.3 Å². The highest BCUT2D eigenvalue weighted by Gasteiger charge is 2.19. The molecule has 2 aromatic carbocycles. The smallest absolute Gasteiger partial charge is 0.142 e. The first-order valence-corrected chi connectivity index (χ1v) is 11.4. The highest BCUT2D eigenvalue weighted by Crippen LogP contribution is 2.31. The Balaban J connectivity index is 1.42. The van der Waals surface area contributed by atoms with Crippen molar-refractivity contribution in [3.8, 4) is 16.3 Å². The highest BCUT2D eigenvalue weighted by atomic mass is 32.1. The Bertz CT molecular complexity index is 990. The maximum absolute atomic E-state index is 13.5. The molecule has 4 nitrogen and oxygen atoms in total. The standard InChI is InChI=1S/C24H28FN3OS/c1-3-18-8-9-23(29-2)22(14-18)28-11-5-10-27(12-13-28)16-21-17-30-24(26-21)19-6-4-7-20(25)15-19/h4,6-9,14-15,17H,3,5,10-13,16H2,1-2H3. The lowest BCUT2D eigenvalue weighted by molar-refractivity contribution is 0.282. The number of rotatable bonds is 6. The summed E-state index contributed by atoms with van der Waals surface area (Å²) in [6, 6.07) is 13.1. The minimum absolute atomic E-state index is 0.223. The number of nitrogens with zero attached hydrogens (tertiary/aromatic N) is 3. The predicted octanol–water partition coefficient (Wildman–Crippen LogP) is 5.23. The highest BCUT2D eigenvalue weighted by molar-refractivity contribution is 7.13. The normalized spacial score (nSPS) is 15.2. The lowest BCUT2D eigenvalue weighted by atomic mass is 10.1. The van der Waals surface area contributed by atoms with Crippen LogP contribution in [0.4, 0.5) is 10.1 Å². The van der Waals surface area contributed by atoms with Gasteiger partial charge in [-0.05, 0) is 42.7 Å². The van der Waals surface area contributed by atoms with Crippen LogP contribution in [-0.2, 0) is 13.0 Å². The van der Waals surface area contributed by atoms with Gasteiger partial charge in [-0.1, -0.05) is 25.1 Å². The summed E-state index contributed by atoms with van der Waals surface area (Å²) < 4.78 is 19.1. The molecule has 0 unspecified atom stereocenters. The van der Waals surface area contributed by atoms with E-state index in [9.17, 15) is 4.39 Å². The Hall–Kier alpha value is -2.44. The molecule has 0 spiro atoms. The molecule has 1 saturated heterocycles. The SMILES string of the molecule is CCc1ccc(OC)c(N2CCCN(Cc3csc(-c4cccc(F)c4)n3)CC2)c1. The second-order valence-electron chi connectivity index (χ2n) is 7.63. The summed E-state index contributed by atoms with van der Waals surface area (Å²) in [6.07, 6.45) is 2.12. The van der Waals surface area contributed by atoms with Gasteiger partial charge in [-0.2, -0.15) is 0 Å². The topological polar surface area (TPSA) is 28.6 Å². The van der Waals surface area contributed by atoms with Gasteiger partial charge in [0.15, 0.2) is 0 Å². The molecule has 158 valence electrons. The summed E-state index contributed by atoms with van der Waals surface area (Å²) in [7, 11) is 1.74. The molecule has 6 heteroatoms. The third-order valence-electron chi connectivity index (χ3n) is 5.59. The van der Waals surface area contributed by atoms with Crippen molar-refractivity contribution in [3.05, 3.63) is 64.9 Å². The van der Waals surface area contributed by atoms with Gasteiger partial charge in [0, 0.05) is 43.7 Å². The van der Waals surface area contributed by atoms with Gasteiger partial charge in [0.1, 0.15) is 16.6 Å². The van der Waals surface area contributed by atoms with E-state index in [4.69, 9.17) is 9.72 Å². The molecule has 0 saturated carbocycles. The van der Waals surface area contributed by atoms with E-state index in [0.29, 0.717) is 0 Å². The molecule has 0 N–H and O–H groups in total. The Morgan fingerprint density at radius 1 is 1.10 bits per heavy atom. The van der Waals surface area contributed by atoms with Crippen molar-refractivity contribution in [2.45, 2.75) is 26.3 Å². The van der Waals surface area contributed by atoms with Gasteiger partial charge in [0.05, 0.1) is 18.5 Å². The molecule has 0 radical (unpaired) electrons. The zero-order valence-electron chi connectivity index (χ0n) is 17.6. The van der Waals surface area contributed by atoms with Crippen LogP contribution in [0.25, 0.3) is 10.6 Å². The van der Waals surface area contributed by atoms with Gasteiger partial charge >= 0.3 is 0 Å². The van der Waals surface area contributed by atoms with Gasteiger partial charge < -0.3 is 9.64 Å². The third kappa shape index (κ3) is 4.82. The Kier molecular flexibility index (Phi) is 6.65. The Labute approximate surface area is 181 Å². The lowest BCUT2D eigenvalue weighted by Gasteiger charge is -2.25. The van der Waals surface area contributed by atoms with Crippen molar-refractivity contribution in [1.82, 2.24) is 9.88 Å². The number of hydrogen-bond acceptors (Lipinski definition) is 5. The maximum Gasteiger partial charge on any atom is 0.142 e. The van der Waals surface area contributed by atoms with Crippen molar-refractivity contribution >= 4 is 17.0 Å². The number of hydrogen-bond donors (Lipinski definition) is 0. The minimum Gasteiger partial charge on any atom is -0.495 e.